The van der Waals surface area contributed by atoms with E-state index in [9.17, 15) is 4.79 Å². The number of methoxy groups -OCH3 is 4. The van der Waals surface area contributed by atoms with Crippen LogP contribution in [0.5, 0.6) is 17.2 Å². The number of benzene rings is 3. The highest BCUT2D eigenvalue weighted by molar-refractivity contribution is 5.92. The molecule has 3 rings (SSSR count). The first-order valence-corrected chi connectivity index (χ1v) is 10.6. The molecule has 0 atom stereocenters. The number of carbonyl (C=O) groups is 1. The summed E-state index contributed by atoms with van der Waals surface area (Å²) in [5, 5.41) is 0. The van der Waals surface area contributed by atoms with Gasteiger partial charge in [-0.05, 0) is 72.2 Å². The fraction of sp³-hybridized carbons (Fsp3) is 0.296. The summed E-state index contributed by atoms with van der Waals surface area (Å²) >= 11 is 0. The summed E-state index contributed by atoms with van der Waals surface area (Å²) in [6.45, 7) is 0. The third-order valence-corrected chi connectivity index (χ3v) is 5.48. The third kappa shape index (κ3) is 6.03. The van der Waals surface area contributed by atoms with Crippen LogP contribution in [0.15, 0.2) is 60.7 Å². The number of esters is 1. The van der Waals surface area contributed by atoms with Gasteiger partial charge in [0.1, 0.15) is 22.8 Å². The van der Waals surface area contributed by atoms with Gasteiger partial charge in [0.05, 0.1) is 28.4 Å². The zero-order valence-corrected chi connectivity index (χ0v) is 19.1. The van der Waals surface area contributed by atoms with Gasteiger partial charge in [-0.2, -0.15) is 0 Å². The molecule has 0 bridgehead atoms. The van der Waals surface area contributed by atoms with E-state index in [0.717, 1.165) is 42.7 Å². The number of rotatable bonds is 10. The van der Waals surface area contributed by atoms with Crippen molar-refractivity contribution in [3.8, 4) is 17.2 Å². The number of ether oxygens (including phenoxy) is 4. The van der Waals surface area contributed by atoms with Gasteiger partial charge in [-0.1, -0.05) is 30.3 Å². The second kappa shape index (κ2) is 11.2. The Morgan fingerprint density at radius 3 is 1.72 bits per heavy atom. The highest BCUT2D eigenvalue weighted by Gasteiger charge is 2.13. The molecule has 0 saturated heterocycles. The predicted molar refractivity (Wildman–Crippen MR) is 125 cm³/mol. The van der Waals surface area contributed by atoms with Crippen LogP contribution in [-0.2, 0) is 30.4 Å². The maximum Gasteiger partial charge on any atom is 0.341 e. The van der Waals surface area contributed by atoms with Gasteiger partial charge in [0.15, 0.2) is 0 Å². The Kier molecular flexibility index (Phi) is 8.14. The van der Waals surface area contributed by atoms with E-state index in [-0.39, 0.29) is 0 Å². The standard InChI is InChI=1S/C27H30O5/c1-29-23-15-22(16-24(18-23)30-2)11-10-20-7-5-6-19(14-20)8-9-21-12-13-25(27(28)32-4)26(17-21)31-3/h5-7,12-18H,8-11H2,1-4H3. The second-order valence-corrected chi connectivity index (χ2v) is 7.57. The largest absolute Gasteiger partial charge is 0.497 e. The fourth-order valence-corrected chi connectivity index (χ4v) is 3.70. The van der Waals surface area contributed by atoms with Gasteiger partial charge >= 0.3 is 5.97 Å². The molecule has 0 aliphatic heterocycles. The van der Waals surface area contributed by atoms with Crippen LogP contribution in [0.4, 0.5) is 0 Å². The van der Waals surface area contributed by atoms with Crippen molar-refractivity contribution in [2.75, 3.05) is 28.4 Å². The Morgan fingerprint density at radius 2 is 1.19 bits per heavy atom. The molecular weight excluding hydrogens is 404 g/mol. The average molecular weight is 435 g/mol. The van der Waals surface area contributed by atoms with Crippen LogP contribution < -0.4 is 14.2 Å². The monoisotopic (exact) mass is 434 g/mol. The molecule has 0 amide bonds. The number of aryl methyl sites for hydroxylation is 4. The van der Waals surface area contributed by atoms with Crippen LogP contribution in [0.1, 0.15) is 32.6 Å². The van der Waals surface area contributed by atoms with E-state index >= 15 is 0 Å². The molecule has 168 valence electrons. The molecule has 0 aromatic heterocycles. The zero-order valence-electron chi connectivity index (χ0n) is 19.1. The van der Waals surface area contributed by atoms with Crippen molar-refractivity contribution < 1.29 is 23.7 Å². The van der Waals surface area contributed by atoms with Crippen molar-refractivity contribution >= 4 is 5.97 Å². The smallest absolute Gasteiger partial charge is 0.341 e. The summed E-state index contributed by atoms with van der Waals surface area (Å²) in [6, 6.07) is 20.3. The first kappa shape index (κ1) is 23.2. The minimum atomic E-state index is -0.394. The highest BCUT2D eigenvalue weighted by atomic mass is 16.5. The van der Waals surface area contributed by atoms with Gasteiger partial charge in [-0.25, -0.2) is 4.79 Å². The molecule has 3 aromatic rings. The maximum absolute atomic E-state index is 11.8. The average Bonchev–Trinajstić information content (AvgIpc) is 2.85. The van der Waals surface area contributed by atoms with Crippen LogP contribution in [0.3, 0.4) is 0 Å². The summed E-state index contributed by atoms with van der Waals surface area (Å²) in [4.78, 5) is 11.8. The highest BCUT2D eigenvalue weighted by Crippen LogP contribution is 2.24. The Morgan fingerprint density at radius 1 is 0.625 bits per heavy atom. The van der Waals surface area contributed by atoms with Crippen molar-refractivity contribution in [2.24, 2.45) is 0 Å². The number of hydrogen-bond acceptors (Lipinski definition) is 5. The fourth-order valence-electron chi connectivity index (χ4n) is 3.70. The van der Waals surface area contributed by atoms with Gasteiger partial charge in [-0.3, -0.25) is 0 Å². The van der Waals surface area contributed by atoms with E-state index in [1.165, 1.54) is 23.8 Å². The second-order valence-electron chi connectivity index (χ2n) is 7.57. The van der Waals surface area contributed by atoms with Crippen LogP contribution in [-0.4, -0.2) is 34.4 Å². The van der Waals surface area contributed by atoms with Crippen molar-refractivity contribution in [2.45, 2.75) is 25.7 Å². The lowest BCUT2D eigenvalue weighted by atomic mass is 9.98. The van der Waals surface area contributed by atoms with Gasteiger partial charge in [0.2, 0.25) is 0 Å². The molecule has 0 aliphatic rings. The van der Waals surface area contributed by atoms with Crippen molar-refractivity contribution in [1.82, 2.24) is 0 Å². The topological polar surface area (TPSA) is 54.0 Å². The molecule has 32 heavy (non-hydrogen) atoms. The minimum Gasteiger partial charge on any atom is -0.497 e. The Hall–Kier alpha value is -3.47. The molecule has 5 heteroatoms. The summed E-state index contributed by atoms with van der Waals surface area (Å²) in [6.07, 6.45) is 3.60. The summed E-state index contributed by atoms with van der Waals surface area (Å²) in [5.74, 6) is 1.76. The maximum atomic E-state index is 11.8. The predicted octanol–water partition coefficient (Wildman–Crippen LogP) is 5.07. The van der Waals surface area contributed by atoms with Crippen LogP contribution >= 0.6 is 0 Å². The van der Waals surface area contributed by atoms with E-state index < -0.39 is 5.97 Å². The summed E-state index contributed by atoms with van der Waals surface area (Å²) in [7, 11) is 6.27. The van der Waals surface area contributed by atoms with Crippen LogP contribution in [0, 0.1) is 0 Å². The lowest BCUT2D eigenvalue weighted by molar-refractivity contribution is 0.0597. The van der Waals surface area contributed by atoms with E-state index in [4.69, 9.17) is 18.9 Å². The van der Waals surface area contributed by atoms with Gasteiger partial charge in [0.25, 0.3) is 0 Å². The molecular formula is C27H30O5. The van der Waals surface area contributed by atoms with Crippen LogP contribution in [0.25, 0.3) is 0 Å². The zero-order chi connectivity index (χ0) is 22.9. The molecule has 0 aliphatic carbocycles. The van der Waals surface area contributed by atoms with Gasteiger partial charge in [-0.15, -0.1) is 0 Å². The molecule has 0 heterocycles. The Bertz CT molecular complexity index is 1040. The van der Waals surface area contributed by atoms with Crippen molar-refractivity contribution in [1.29, 1.82) is 0 Å². The molecule has 0 unspecified atom stereocenters. The van der Waals surface area contributed by atoms with Gasteiger partial charge < -0.3 is 18.9 Å². The lowest BCUT2D eigenvalue weighted by Gasteiger charge is -2.11. The normalized spacial score (nSPS) is 10.5. The first-order chi connectivity index (χ1) is 15.6. The van der Waals surface area contributed by atoms with Crippen molar-refractivity contribution in [3.05, 3.63) is 88.5 Å². The molecule has 3 aromatic carbocycles. The quantitative estimate of drug-likeness (QED) is 0.417. The Balaban J connectivity index is 1.64. The molecule has 0 saturated carbocycles. The molecule has 0 N–H and O–H groups in total. The SMILES string of the molecule is COC(=O)c1ccc(CCc2cccc(CCc3cc(OC)cc(OC)c3)c2)cc1OC. The van der Waals surface area contributed by atoms with Crippen molar-refractivity contribution in [3.63, 3.8) is 0 Å². The summed E-state index contributed by atoms with van der Waals surface area (Å²) < 4.78 is 20.9. The molecule has 0 fully saturated rings. The van der Waals surface area contributed by atoms with E-state index in [2.05, 4.69) is 36.4 Å². The number of carbonyl (C=O) groups excluding carboxylic acids is 1. The lowest BCUT2D eigenvalue weighted by Crippen LogP contribution is -2.05. The van der Waals surface area contributed by atoms with E-state index in [1.807, 2.05) is 18.2 Å². The van der Waals surface area contributed by atoms with Gasteiger partial charge in [0, 0.05) is 6.07 Å². The number of hydrogen-bond donors (Lipinski definition) is 0. The molecule has 0 spiro atoms. The first-order valence-electron chi connectivity index (χ1n) is 10.6. The molecule has 0 radical (unpaired) electrons. The molecule has 5 nitrogen and oxygen atoms in total. The van der Waals surface area contributed by atoms with Crippen LogP contribution in [0.2, 0.25) is 0 Å². The third-order valence-electron chi connectivity index (χ3n) is 5.48. The Labute approximate surface area is 189 Å². The minimum absolute atomic E-state index is 0.394. The van der Waals surface area contributed by atoms with E-state index in [1.54, 1.807) is 27.4 Å². The summed E-state index contributed by atoms with van der Waals surface area (Å²) in [5.41, 5.74) is 5.31. The van der Waals surface area contributed by atoms with E-state index in [0.29, 0.717) is 11.3 Å².